The Balaban J connectivity index is 1.82. The number of amides is 1. The van der Waals surface area contributed by atoms with Gasteiger partial charge in [-0.25, -0.2) is 0 Å². The van der Waals surface area contributed by atoms with Gasteiger partial charge in [0.25, 0.3) is 0 Å². The number of hydrogen-bond donors (Lipinski definition) is 2. The van der Waals surface area contributed by atoms with E-state index < -0.39 is 5.54 Å². The van der Waals surface area contributed by atoms with Gasteiger partial charge in [0.15, 0.2) is 11.5 Å². The topological polar surface area (TPSA) is 82.8 Å². The molecule has 1 atom stereocenters. The number of carbonyl (C=O) groups excluding carboxylic acids is 1. The van der Waals surface area contributed by atoms with Crippen LogP contribution < -0.4 is 20.5 Å². The summed E-state index contributed by atoms with van der Waals surface area (Å²) in [6.45, 7) is 1.65. The van der Waals surface area contributed by atoms with Crippen molar-refractivity contribution in [3.63, 3.8) is 0 Å². The molecule has 0 radical (unpaired) electrons. The van der Waals surface area contributed by atoms with Crippen molar-refractivity contribution in [1.82, 2.24) is 0 Å². The fourth-order valence-corrected chi connectivity index (χ4v) is 2.37. The minimum Gasteiger partial charge on any atom is -0.486 e. The van der Waals surface area contributed by atoms with Gasteiger partial charge in [-0.1, -0.05) is 11.6 Å². The first-order chi connectivity index (χ1) is 9.58. The van der Waals surface area contributed by atoms with E-state index in [0.717, 1.165) is 0 Å². The Morgan fingerprint density at radius 1 is 1.25 bits per heavy atom. The van der Waals surface area contributed by atoms with Crippen LogP contribution in [-0.2, 0) is 9.53 Å². The number of fused-ring (bicyclic) bond motifs is 1. The highest BCUT2D eigenvalue weighted by molar-refractivity contribution is 6.34. The lowest BCUT2D eigenvalue weighted by molar-refractivity contribution is -0.121. The standard InChI is InChI=1S/C13H15ClN2O4/c14-8-5-10-11(20-4-3-19-10)6-9(8)16-12(17)13(15)1-2-18-7-13/h5-6H,1-4,7,15H2,(H,16,17). The van der Waals surface area contributed by atoms with Crippen LogP contribution in [0.5, 0.6) is 11.5 Å². The van der Waals surface area contributed by atoms with Crippen LogP contribution in [0, 0.1) is 0 Å². The molecular weight excluding hydrogens is 284 g/mol. The summed E-state index contributed by atoms with van der Waals surface area (Å²) in [7, 11) is 0. The maximum atomic E-state index is 12.2. The summed E-state index contributed by atoms with van der Waals surface area (Å²) in [4.78, 5) is 12.2. The fourth-order valence-electron chi connectivity index (χ4n) is 2.17. The summed E-state index contributed by atoms with van der Waals surface area (Å²) in [6.07, 6.45) is 0.487. The number of benzene rings is 1. The zero-order chi connectivity index (χ0) is 14.2. The Kier molecular flexibility index (Phi) is 3.45. The summed E-state index contributed by atoms with van der Waals surface area (Å²) in [5.41, 5.74) is 5.46. The third kappa shape index (κ3) is 2.42. The Bertz CT molecular complexity index is 543. The number of hydrogen-bond acceptors (Lipinski definition) is 5. The molecule has 20 heavy (non-hydrogen) atoms. The molecule has 2 aliphatic heterocycles. The number of nitrogens with one attached hydrogen (secondary N) is 1. The van der Waals surface area contributed by atoms with Crippen molar-refractivity contribution in [1.29, 1.82) is 0 Å². The number of nitrogens with two attached hydrogens (primary N) is 1. The number of ether oxygens (including phenoxy) is 3. The van der Waals surface area contributed by atoms with Gasteiger partial charge < -0.3 is 25.3 Å². The molecule has 0 spiro atoms. The van der Waals surface area contributed by atoms with E-state index in [1.165, 1.54) is 0 Å². The second kappa shape index (κ2) is 5.12. The predicted octanol–water partition coefficient (Wildman–Crippen LogP) is 1.17. The summed E-state index contributed by atoms with van der Waals surface area (Å²) < 4.78 is 16.1. The second-order valence-electron chi connectivity index (χ2n) is 4.89. The summed E-state index contributed by atoms with van der Waals surface area (Å²) in [6, 6.07) is 3.27. The van der Waals surface area contributed by atoms with Crippen molar-refractivity contribution >= 4 is 23.2 Å². The van der Waals surface area contributed by atoms with Crippen LogP contribution in [0.2, 0.25) is 5.02 Å². The van der Waals surface area contributed by atoms with Crippen molar-refractivity contribution in [3.05, 3.63) is 17.2 Å². The summed E-state index contributed by atoms with van der Waals surface area (Å²) >= 11 is 6.14. The summed E-state index contributed by atoms with van der Waals surface area (Å²) in [5.74, 6) is 0.823. The van der Waals surface area contributed by atoms with Crippen molar-refractivity contribution in [3.8, 4) is 11.5 Å². The molecule has 1 saturated heterocycles. The molecule has 7 heteroatoms. The van der Waals surface area contributed by atoms with Crippen LogP contribution in [0.15, 0.2) is 12.1 Å². The SMILES string of the molecule is NC1(C(=O)Nc2cc3c(cc2Cl)OCCO3)CCOC1. The van der Waals surface area contributed by atoms with Crippen LogP contribution in [0.25, 0.3) is 0 Å². The minimum absolute atomic E-state index is 0.209. The van der Waals surface area contributed by atoms with Gasteiger partial charge >= 0.3 is 0 Å². The molecule has 1 amide bonds. The van der Waals surface area contributed by atoms with E-state index in [1.54, 1.807) is 12.1 Å². The van der Waals surface area contributed by atoms with Crippen LogP contribution in [-0.4, -0.2) is 37.9 Å². The van der Waals surface area contributed by atoms with Crippen LogP contribution in [0.3, 0.4) is 0 Å². The van der Waals surface area contributed by atoms with Crippen LogP contribution in [0.1, 0.15) is 6.42 Å². The van der Waals surface area contributed by atoms with E-state index in [4.69, 9.17) is 31.5 Å². The Hall–Kier alpha value is -1.50. The maximum Gasteiger partial charge on any atom is 0.246 e. The molecule has 0 bridgehead atoms. The number of anilines is 1. The van der Waals surface area contributed by atoms with E-state index in [9.17, 15) is 4.79 Å². The van der Waals surface area contributed by atoms with Gasteiger partial charge in [-0.15, -0.1) is 0 Å². The molecule has 108 valence electrons. The average Bonchev–Trinajstić information content (AvgIpc) is 2.88. The zero-order valence-electron chi connectivity index (χ0n) is 10.8. The van der Waals surface area contributed by atoms with Gasteiger partial charge in [-0.2, -0.15) is 0 Å². The van der Waals surface area contributed by atoms with E-state index in [0.29, 0.717) is 48.5 Å². The minimum atomic E-state index is -1.00. The first-order valence-corrected chi connectivity index (χ1v) is 6.73. The monoisotopic (exact) mass is 298 g/mol. The Labute approximate surface area is 121 Å². The lowest BCUT2D eigenvalue weighted by atomic mass is 9.99. The molecule has 2 heterocycles. The van der Waals surface area contributed by atoms with Gasteiger partial charge in [-0.3, -0.25) is 4.79 Å². The van der Waals surface area contributed by atoms with Gasteiger partial charge in [0.2, 0.25) is 5.91 Å². The van der Waals surface area contributed by atoms with Gasteiger partial charge in [0.05, 0.1) is 17.3 Å². The molecule has 1 aromatic carbocycles. The largest absolute Gasteiger partial charge is 0.486 e. The van der Waals surface area contributed by atoms with E-state index in [1.807, 2.05) is 0 Å². The zero-order valence-corrected chi connectivity index (χ0v) is 11.5. The smallest absolute Gasteiger partial charge is 0.246 e. The molecule has 0 aliphatic carbocycles. The number of halogens is 1. The Morgan fingerprint density at radius 2 is 1.95 bits per heavy atom. The van der Waals surface area contributed by atoms with Crippen LogP contribution >= 0.6 is 11.6 Å². The number of carbonyl (C=O) groups is 1. The molecule has 1 aromatic rings. The molecule has 3 rings (SSSR count). The quantitative estimate of drug-likeness (QED) is 0.856. The molecule has 0 saturated carbocycles. The lowest BCUT2D eigenvalue weighted by Crippen LogP contribution is -2.51. The van der Waals surface area contributed by atoms with Crippen molar-refractivity contribution in [2.45, 2.75) is 12.0 Å². The molecule has 1 unspecified atom stereocenters. The molecule has 0 aromatic heterocycles. The molecule has 1 fully saturated rings. The number of rotatable bonds is 2. The van der Waals surface area contributed by atoms with E-state index in [2.05, 4.69) is 5.32 Å². The highest BCUT2D eigenvalue weighted by atomic mass is 35.5. The second-order valence-corrected chi connectivity index (χ2v) is 5.30. The fraction of sp³-hybridized carbons (Fsp3) is 0.462. The molecular formula is C13H15ClN2O4. The molecule has 6 nitrogen and oxygen atoms in total. The highest BCUT2D eigenvalue weighted by Gasteiger charge is 2.38. The normalized spacial score (nSPS) is 24.5. The van der Waals surface area contributed by atoms with Gasteiger partial charge in [-0.05, 0) is 6.42 Å². The van der Waals surface area contributed by atoms with Gasteiger partial charge in [0.1, 0.15) is 18.8 Å². The average molecular weight is 299 g/mol. The highest BCUT2D eigenvalue weighted by Crippen LogP contribution is 2.38. The van der Waals surface area contributed by atoms with E-state index in [-0.39, 0.29) is 12.5 Å². The van der Waals surface area contributed by atoms with Crippen molar-refractivity contribution in [2.24, 2.45) is 5.73 Å². The molecule has 2 aliphatic rings. The summed E-state index contributed by atoms with van der Waals surface area (Å²) in [5, 5.41) is 3.11. The predicted molar refractivity (Wildman–Crippen MR) is 73.4 cm³/mol. The molecule has 3 N–H and O–H groups in total. The Morgan fingerprint density at radius 3 is 2.60 bits per heavy atom. The maximum absolute atomic E-state index is 12.2. The first-order valence-electron chi connectivity index (χ1n) is 6.36. The van der Waals surface area contributed by atoms with Crippen molar-refractivity contribution < 1.29 is 19.0 Å². The first kappa shape index (κ1) is 13.5. The van der Waals surface area contributed by atoms with Gasteiger partial charge in [0, 0.05) is 18.7 Å². The van der Waals surface area contributed by atoms with E-state index >= 15 is 0 Å². The third-order valence-corrected chi connectivity index (χ3v) is 3.70. The van der Waals surface area contributed by atoms with Crippen molar-refractivity contribution in [2.75, 3.05) is 31.7 Å². The van der Waals surface area contributed by atoms with Crippen LogP contribution in [0.4, 0.5) is 5.69 Å². The lowest BCUT2D eigenvalue weighted by Gasteiger charge is -2.23. The third-order valence-electron chi connectivity index (χ3n) is 3.38.